The molecule has 0 saturated heterocycles. The highest BCUT2D eigenvalue weighted by atomic mass is 127. The minimum absolute atomic E-state index is 0.165. The van der Waals surface area contributed by atoms with Gasteiger partial charge in [0.1, 0.15) is 0 Å². The van der Waals surface area contributed by atoms with Gasteiger partial charge in [-0.1, -0.05) is 18.2 Å². The summed E-state index contributed by atoms with van der Waals surface area (Å²) in [5.41, 5.74) is 8.40. The van der Waals surface area contributed by atoms with E-state index in [1.807, 2.05) is 24.3 Å². The van der Waals surface area contributed by atoms with Gasteiger partial charge in [0.15, 0.2) is 0 Å². The van der Waals surface area contributed by atoms with Gasteiger partial charge in [0, 0.05) is 9.13 Å². The highest BCUT2D eigenvalue weighted by molar-refractivity contribution is 14.1. The third kappa shape index (κ3) is 3.41. The van der Waals surface area contributed by atoms with E-state index in [0.717, 1.165) is 9.13 Å². The van der Waals surface area contributed by atoms with Crippen LogP contribution in [0.3, 0.4) is 0 Å². The van der Waals surface area contributed by atoms with E-state index in [9.17, 15) is 0 Å². The van der Waals surface area contributed by atoms with Gasteiger partial charge in [-0.05, 0) is 28.7 Å². The van der Waals surface area contributed by atoms with Crippen molar-refractivity contribution in [3.63, 3.8) is 0 Å². The van der Waals surface area contributed by atoms with Gasteiger partial charge in [0.25, 0.3) is 0 Å². The number of hydrogen-bond acceptors (Lipinski definition) is 2. The van der Waals surface area contributed by atoms with Gasteiger partial charge in [-0.25, -0.2) is 5.43 Å². The zero-order valence-corrected chi connectivity index (χ0v) is 8.95. The molecule has 0 spiro atoms. The second-order valence-corrected chi connectivity index (χ2v) is 3.47. The number of rotatable bonds is 2. The molecule has 0 unspecified atom stereocenters. The monoisotopic (exact) mass is 288 g/mol. The number of benzene rings is 1. The first-order valence-corrected chi connectivity index (χ1v) is 4.65. The maximum Gasteiger partial charge on any atom is 0.206 e. The second kappa shape index (κ2) is 4.80. The summed E-state index contributed by atoms with van der Waals surface area (Å²) in [7, 11) is 0. The normalized spacial score (nSPS) is 10.2. The predicted octanol–water partition coefficient (Wildman–Crippen LogP) is 1.11. The highest BCUT2D eigenvalue weighted by Crippen LogP contribution is 2.08. The summed E-state index contributed by atoms with van der Waals surface area (Å²) in [6.45, 7) is 0. The van der Waals surface area contributed by atoms with Crippen molar-refractivity contribution in [2.24, 2.45) is 10.8 Å². The lowest BCUT2D eigenvalue weighted by molar-refractivity contribution is 1.00. The Kier molecular flexibility index (Phi) is 3.69. The van der Waals surface area contributed by atoms with E-state index in [-0.39, 0.29) is 5.96 Å². The molecule has 0 aromatic heterocycles. The zero-order valence-electron chi connectivity index (χ0n) is 6.79. The number of nitrogens with zero attached hydrogens (tertiary/aromatic N) is 1. The lowest BCUT2D eigenvalue weighted by Crippen LogP contribution is -2.25. The minimum Gasteiger partial charge on any atom is -0.369 e. The Hall–Kier alpha value is -1.11. The largest absolute Gasteiger partial charge is 0.369 e. The number of nitrogens with two attached hydrogens (primary N) is 1. The average Bonchev–Trinajstić information content (AvgIpc) is 2.08. The van der Waals surface area contributed by atoms with E-state index in [2.05, 4.69) is 33.1 Å². The highest BCUT2D eigenvalue weighted by Gasteiger charge is 1.92. The van der Waals surface area contributed by atoms with Crippen LogP contribution in [0.4, 0.5) is 0 Å². The quantitative estimate of drug-likeness (QED) is 0.330. The Balaban J connectivity index is 2.68. The van der Waals surface area contributed by atoms with Gasteiger partial charge in [-0.15, -0.1) is 0 Å². The summed E-state index contributed by atoms with van der Waals surface area (Å²) in [6, 6.07) is 7.80. The second-order valence-electron chi connectivity index (χ2n) is 2.31. The molecule has 0 saturated carbocycles. The Morgan fingerprint density at radius 1 is 1.54 bits per heavy atom. The van der Waals surface area contributed by atoms with Gasteiger partial charge in [-0.3, -0.25) is 5.41 Å². The molecule has 0 heterocycles. The summed E-state index contributed by atoms with van der Waals surface area (Å²) in [4.78, 5) is 0. The van der Waals surface area contributed by atoms with Crippen molar-refractivity contribution in [1.82, 2.24) is 5.43 Å². The standard InChI is InChI=1S/C8H9IN4/c9-7-4-2-1-3-6(7)5-12-13-8(10)11/h1-5H,(H4,10,11,13)/b12-5+. The summed E-state index contributed by atoms with van der Waals surface area (Å²) in [5, 5.41) is 10.6. The fourth-order valence-electron chi connectivity index (χ4n) is 0.751. The SMILES string of the molecule is N=C(N)N/N=C/c1ccccc1I. The smallest absolute Gasteiger partial charge is 0.206 e. The molecule has 0 bridgehead atoms. The topological polar surface area (TPSA) is 74.3 Å². The molecule has 1 rings (SSSR count). The van der Waals surface area contributed by atoms with E-state index < -0.39 is 0 Å². The average molecular weight is 288 g/mol. The van der Waals surface area contributed by atoms with Crippen LogP contribution in [0.2, 0.25) is 0 Å². The molecule has 4 nitrogen and oxygen atoms in total. The van der Waals surface area contributed by atoms with Crippen molar-refractivity contribution >= 4 is 34.8 Å². The van der Waals surface area contributed by atoms with E-state index >= 15 is 0 Å². The molecule has 4 N–H and O–H groups in total. The molecular weight excluding hydrogens is 279 g/mol. The molecule has 0 aliphatic carbocycles. The first-order chi connectivity index (χ1) is 6.20. The number of hydrazone groups is 1. The first-order valence-electron chi connectivity index (χ1n) is 3.58. The van der Waals surface area contributed by atoms with Crippen molar-refractivity contribution in [2.45, 2.75) is 0 Å². The lowest BCUT2D eigenvalue weighted by Gasteiger charge is -1.96. The molecule has 0 aliphatic rings. The van der Waals surface area contributed by atoms with Crippen LogP contribution in [0.1, 0.15) is 5.56 Å². The van der Waals surface area contributed by atoms with Crippen molar-refractivity contribution in [3.8, 4) is 0 Å². The van der Waals surface area contributed by atoms with Gasteiger partial charge in [0.05, 0.1) is 6.21 Å². The van der Waals surface area contributed by atoms with Crippen molar-refractivity contribution < 1.29 is 0 Å². The molecule has 0 aliphatic heterocycles. The molecule has 1 aromatic carbocycles. The van der Waals surface area contributed by atoms with Gasteiger partial charge in [-0.2, -0.15) is 5.10 Å². The van der Waals surface area contributed by atoms with E-state index in [1.54, 1.807) is 6.21 Å². The van der Waals surface area contributed by atoms with Crippen LogP contribution < -0.4 is 11.2 Å². The molecule has 0 amide bonds. The lowest BCUT2D eigenvalue weighted by atomic mass is 10.2. The van der Waals surface area contributed by atoms with E-state index in [4.69, 9.17) is 11.1 Å². The Morgan fingerprint density at radius 2 is 2.23 bits per heavy atom. The van der Waals surface area contributed by atoms with E-state index in [1.165, 1.54) is 0 Å². The Morgan fingerprint density at radius 3 is 2.85 bits per heavy atom. The van der Waals surface area contributed by atoms with Crippen molar-refractivity contribution in [2.75, 3.05) is 0 Å². The Bertz CT molecular complexity index is 335. The van der Waals surface area contributed by atoms with E-state index in [0.29, 0.717) is 0 Å². The number of halogens is 1. The van der Waals surface area contributed by atoms with Crippen LogP contribution in [0, 0.1) is 8.98 Å². The van der Waals surface area contributed by atoms with Gasteiger partial charge >= 0.3 is 0 Å². The fraction of sp³-hybridized carbons (Fsp3) is 0. The zero-order chi connectivity index (χ0) is 9.68. The maximum atomic E-state index is 6.86. The molecule has 0 radical (unpaired) electrons. The third-order valence-electron chi connectivity index (χ3n) is 1.29. The molecule has 68 valence electrons. The van der Waals surface area contributed by atoms with Crippen LogP contribution in [-0.4, -0.2) is 12.2 Å². The molecule has 1 aromatic rings. The van der Waals surface area contributed by atoms with Crippen LogP contribution in [0.5, 0.6) is 0 Å². The summed E-state index contributed by atoms with van der Waals surface area (Å²) < 4.78 is 1.11. The van der Waals surface area contributed by atoms with Crippen molar-refractivity contribution in [1.29, 1.82) is 5.41 Å². The Labute approximate surface area is 89.9 Å². The number of nitrogens with one attached hydrogen (secondary N) is 2. The molecule has 0 atom stereocenters. The summed E-state index contributed by atoms with van der Waals surface area (Å²) in [6.07, 6.45) is 1.63. The maximum absolute atomic E-state index is 6.86. The fourth-order valence-corrected chi connectivity index (χ4v) is 1.28. The predicted molar refractivity (Wildman–Crippen MR) is 61.8 cm³/mol. The van der Waals surface area contributed by atoms with Crippen LogP contribution in [0.15, 0.2) is 29.4 Å². The van der Waals surface area contributed by atoms with Crippen LogP contribution >= 0.6 is 22.6 Å². The van der Waals surface area contributed by atoms with Crippen molar-refractivity contribution in [3.05, 3.63) is 33.4 Å². The van der Waals surface area contributed by atoms with Crippen LogP contribution in [0.25, 0.3) is 0 Å². The number of hydrogen-bond donors (Lipinski definition) is 3. The van der Waals surface area contributed by atoms with Gasteiger partial charge in [0.2, 0.25) is 5.96 Å². The molecule has 13 heavy (non-hydrogen) atoms. The third-order valence-corrected chi connectivity index (χ3v) is 2.28. The molecule has 0 fully saturated rings. The molecule has 5 heteroatoms. The summed E-state index contributed by atoms with van der Waals surface area (Å²) >= 11 is 2.21. The van der Waals surface area contributed by atoms with Gasteiger partial charge < -0.3 is 5.73 Å². The first kappa shape index (κ1) is 9.97. The minimum atomic E-state index is -0.165. The van der Waals surface area contributed by atoms with Crippen LogP contribution in [-0.2, 0) is 0 Å². The summed E-state index contributed by atoms with van der Waals surface area (Å²) in [5.74, 6) is -0.165. The molecular formula is C8H9IN4. The number of guanidine groups is 1.